The number of rotatable bonds is 3. The summed E-state index contributed by atoms with van der Waals surface area (Å²) in [5.74, 6) is -7.39. The van der Waals surface area contributed by atoms with Crippen LogP contribution in [0.4, 0.5) is 17.6 Å². The van der Waals surface area contributed by atoms with Crippen LogP contribution in [0.3, 0.4) is 0 Å². The van der Waals surface area contributed by atoms with E-state index in [1.54, 1.807) is 0 Å². The molecule has 0 unspecified atom stereocenters. The van der Waals surface area contributed by atoms with E-state index in [9.17, 15) is 17.6 Å². The number of nitrogens with zero attached hydrogens (tertiary/aromatic N) is 1. The molecule has 0 aliphatic rings. The molecule has 0 radical (unpaired) electrons. The molecule has 2 aromatic rings. The molecule has 0 amide bonds. The summed E-state index contributed by atoms with van der Waals surface area (Å²) in [5.41, 5.74) is 0.260. The summed E-state index contributed by atoms with van der Waals surface area (Å²) < 4.78 is 57.1. The first kappa shape index (κ1) is 13.6. The van der Waals surface area contributed by atoms with Gasteiger partial charge in [-0.25, -0.2) is 8.78 Å². The second-order valence-electron chi connectivity index (χ2n) is 3.55. The van der Waals surface area contributed by atoms with Crippen LogP contribution in [0.1, 0.15) is 5.69 Å². The molecule has 0 saturated heterocycles. The van der Waals surface area contributed by atoms with E-state index < -0.39 is 29.0 Å². The predicted molar refractivity (Wildman–Crippen MR) is 59.9 cm³/mol. The van der Waals surface area contributed by atoms with Crippen molar-refractivity contribution in [2.24, 2.45) is 0 Å². The zero-order valence-corrected chi connectivity index (χ0v) is 10.0. The fourth-order valence-corrected chi connectivity index (χ4v) is 1.53. The Bertz CT molecular complexity index is 595. The second-order valence-corrected chi connectivity index (χ2v) is 3.99. The number of hydrogen-bond donors (Lipinski definition) is 0. The zero-order valence-electron chi connectivity index (χ0n) is 9.26. The molecule has 100 valence electrons. The number of ether oxygens (including phenoxy) is 1. The maximum Gasteiger partial charge on any atom is 0.203 e. The van der Waals surface area contributed by atoms with Crippen LogP contribution < -0.4 is 4.74 Å². The van der Waals surface area contributed by atoms with Gasteiger partial charge in [-0.1, -0.05) is 11.6 Å². The van der Waals surface area contributed by atoms with Gasteiger partial charge in [0.1, 0.15) is 6.61 Å². The summed E-state index contributed by atoms with van der Waals surface area (Å²) in [6, 6.07) is 3.00. The first-order chi connectivity index (χ1) is 8.99. The average molecular weight is 292 g/mol. The fourth-order valence-electron chi connectivity index (χ4n) is 1.35. The quantitative estimate of drug-likeness (QED) is 0.632. The van der Waals surface area contributed by atoms with Gasteiger partial charge in [0.2, 0.25) is 11.6 Å². The summed E-state index contributed by atoms with van der Waals surface area (Å²) in [4.78, 5) is 3.82. The molecule has 0 aliphatic carbocycles. The minimum Gasteiger partial charge on any atom is -0.481 e. The lowest BCUT2D eigenvalue weighted by atomic mass is 10.3. The molecule has 2 nitrogen and oxygen atoms in total. The van der Waals surface area contributed by atoms with Gasteiger partial charge in [-0.3, -0.25) is 4.98 Å². The van der Waals surface area contributed by atoms with Gasteiger partial charge in [0, 0.05) is 17.3 Å². The standard InChI is InChI=1S/C12H6ClF4NO/c13-6-1-2-18-7(3-6)5-19-12-10(16)8(14)4-9(15)11(12)17/h1-4H,5H2. The lowest BCUT2D eigenvalue weighted by molar-refractivity contribution is 0.258. The Hall–Kier alpha value is -1.82. The van der Waals surface area contributed by atoms with E-state index in [4.69, 9.17) is 16.3 Å². The summed E-state index contributed by atoms with van der Waals surface area (Å²) in [6.07, 6.45) is 1.36. The van der Waals surface area contributed by atoms with E-state index in [0.29, 0.717) is 5.02 Å². The Morgan fingerprint density at radius 3 is 2.26 bits per heavy atom. The number of pyridine rings is 1. The molecule has 0 atom stereocenters. The van der Waals surface area contributed by atoms with E-state index >= 15 is 0 Å². The van der Waals surface area contributed by atoms with Gasteiger partial charge in [-0.05, 0) is 12.1 Å². The van der Waals surface area contributed by atoms with Crippen molar-refractivity contribution in [2.45, 2.75) is 6.61 Å². The second kappa shape index (κ2) is 5.44. The minimum absolute atomic E-state index is 0.106. The van der Waals surface area contributed by atoms with Crippen molar-refractivity contribution in [3.8, 4) is 5.75 Å². The van der Waals surface area contributed by atoms with Crippen LogP contribution in [0.15, 0.2) is 24.4 Å². The van der Waals surface area contributed by atoms with Crippen molar-refractivity contribution in [1.29, 1.82) is 0 Å². The average Bonchev–Trinajstić information content (AvgIpc) is 2.36. The number of benzene rings is 1. The van der Waals surface area contributed by atoms with E-state index in [2.05, 4.69) is 4.98 Å². The van der Waals surface area contributed by atoms with Gasteiger partial charge >= 0.3 is 0 Å². The highest BCUT2D eigenvalue weighted by Gasteiger charge is 2.20. The predicted octanol–water partition coefficient (Wildman–Crippen LogP) is 3.87. The minimum atomic E-state index is -1.60. The van der Waals surface area contributed by atoms with E-state index in [0.717, 1.165) is 0 Å². The van der Waals surface area contributed by atoms with Gasteiger partial charge in [0.05, 0.1) is 5.69 Å². The van der Waals surface area contributed by atoms with Crippen LogP contribution in [0.2, 0.25) is 5.02 Å². The molecule has 19 heavy (non-hydrogen) atoms. The number of hydrogen-bond acceptors (Lipinski definition) is 2. The molecule has 1 heterocycles. The maximum absolute atomic E-state index is 13.3. The first-order valence-electron chi connectivity index (χ1n) is 5.05. The molecule has 1 aromatic carbocycles. The van der Waals surface area contributed by atoms with Crippen LogP contribution in [-0.2, 0) is 6.61 Å². The van der Waals surface area contributed by atoms with Crippen molar-refractivity contribution >= 4 is 11.6 Å². The van der Waals surface area contributed by atoms with Crippen molar-refractivity contribution < 1.29 is 22.3 Å². The van der Waals surface area contributed by atoms with Crippen molar-refractivity contribution in [3.63, 3.8) is 0 Å². The van der Waals surface area contributed by atoms with Crippen molar-refractivity contribution in [1.82, 2.24) is 4.98 Å². The molecule has 2 rings (SSSR count). The van der Waals surface area contributed by atoms with E-state index in [1.165, 1.54) is 18.3 Å². The molecular formula is C12H6ClF4NO. The van der Waals surface area contributed by atoms with Crippen LogP contribution >= 0.6 is 11.6 Å². The Morgan fingerprint density at radius 1 is 1.05 bits per heavy atom. The topological polar surface area (TPSA) is 22.1 Å². The lowest BCUT2D eigenvalue weighted by Crippen LogP contribution is -2.04. The lowest BCUT2D eigenvalue weighted by Gasteiger charge is -2.09. The molecule has 1 aromatic heterocycles. The summed E-state index contributed by atoms with van der Waals surface area (Å²) in [7, 11) is 0. The molecular weight excluding hydrogens is 286 g/mol. The van der Waals surface area contributed by atoms with Gasteiger partial charge in [-0.2, -0.15) is 8.78 Å². The van der Waals surface area contributed by atoms with Gasteiger partial charge in [0.15, 0.2) is 17.4 Å². The third-order valence-electron chi connectivity index (χ3n) is 2.21. The third-order valence-corrected chi connectivity index (χ3v) is 2.45. The molecule has 0 N–H and O–H groups in total. The van der Waals surface area contributed by atoms with Crippen LogP contribution in [0.5, 0.6) is 5.75 Å². The third kappa shape index (κ3) is 2.96. The largest absolute Gasteiger partial charge is 0.481 e. The summed E-state index contributed by atoms with van der Waals surface area (Å²) >= 11 is 5.68. The Balaban J connectivity index is 2.25. The van der Waals surface area contributed by atoms with Crippen LogP contribution in [0.25, 0.3) is 0 Å². The number of halogens is 5. The highest BCUT2D eigenvalue weighted by Crippen LogP contribution is 2.27. The van der Waals surface area contributed by atoms with E-state index in [-0.39, 0.29) is 18.4 Å². The molecule has 0 bridgehead atoms. The number of aromatic nitrogens is 1. The Labute approximate surface area is 110 Å². The molecule has 0 spiro atoms. The summed E-state index contributed by atoms with van der Waals surface area (Å²) in [6.45, 7) is -0.378. The molecule has 0 fully saturated rings. The fraction of sp³-hybridized carbons (Fsp3) is 0.0833. The van der Waals surface area contributed by atoms with Crippen molar-refractivity contribution in [2.75, 3.05) is 0 Å². The molecule has 0 aliphatic heterocycles. The smallest absolute Gasteiger partial charge is 0.203 e. The van der Waals surface area contributed by atoms with Gasteiger partial charge in [0.25, 0.3) is 0 Å². The first-order valence-corrected chi connectivity index (χ1v) is 5.43. The van der Waals surface area contributed by atoms with Gasteiger partial charge < -0.3 is 4.74 Å². The highest BCUT2D eigenvalue weighted by molar-refractivity contribution is 6.30. The van der Waals surface area contributed by atoms with Gasteiger partial charge in [-0.15, -0.1) is 0 Å². The zero-order chi connectivity index (χ0) is 14.0. The molecule has 0 saturated carbocycles. The SMILES string of the molecule is Fc1cc(F)c(F)c(OCc2cc(Cl)ccn2)c1F. The maximum atomic E-state index is 13.3. The molecule has 7 heteroatoms. The van der Waals surface area contributed by atoms with E-state index in [1.807, 2.05) is 0 Å². The Kier molecular flexibility index (Phi) is 3.90. The van der Waals surface area contributed by atoms with Crippen LogP contribution in [-0.4, -0.2) is 4.98 Å². The Morgan fingerprint density at radius 2 is 1.68 bits per heavy atom. The highest BCUT2D eigenvalue weighted by atomic mass is 35.5. The monoisotopic (exact) mass is 291 g/mol. The normalized spacial score (nSPS) is 10.6. The summed E-state index contributed by atoms with van der Waals surface area (Å²) in [5, 5.41) is 0.347. The van der Waals surface area contributed by atoms with Crippen molar-refractivity contribution in [3.05, 3.63) is 58.4 Å². The van der Waals surface area contributed by atoms with Crippen LogP contribution in [0, 0.1) is 23.3 Å².